The lowest BCUT2D eigenvalue weighted by Crippen LogP contribution is -2.18. The van der Waals surface area contributed by atoms with E-state index in [1.807, 2.05) is 0 Å². The van der Waals surface area contributed by atoms with Gasteiger partial charge in [0.2, 0.25) is 0 Å². The number of aromatic nitrogens is 1. The number of oxazole rings is 1. The Kier molecular flexibility index (Phi) is 3.09. The molecule has 0 aliphatic heterocycles. The molecule has 3 heteroatoms. The van der Waals surface area contributed by atoms with E-state index in [-0.39, 0.29) is 5.41 Å². The molecule has 0 unspecified atom stereocenters. The number of nitrogens with zero attached hydrogens (tertiary/aromatic N) is 1. The summed E-state index contributed by atoms with van der Waals surface area (Å²) in [5.41, 5.74) is 1.07. The average Bonchev–Trinajstić information content (AvgIpc) is 2.47. The Balaban J connectivity index is 2.77. The Morgan fingerprint density at radius 2 is 2.15 bits per heavy atom. The summed E-state index contributed by atoms with van der Waals surface area (Å²) in [6, 6.07) is 0. The van der Waals surface area contributed by atoms with Crippen molar-refractivity contribution >= 4 is 0 Å². The van der Waals surface area contributed by atoms with Crippen molar-refractivity contribution in [1.82, 2.24) is 10.3 Å². The van der Waals surface area contributed by atoms with Crippen LogP contribution in [0.2, 0.25) is 0 Å². The summed E-state index contributed by atoms with van der Waals surface area (Å²) in [5.74, 6) is 0.980. The van der Waals surface area contributed by atoms with Crippen molar-refractivity contribution < 1.29 is 4.42 Å². The first-order valence-electron chi connectivity index (χ1n) is 4.69. The summed E-state index contributed by atoms with van der Waals surface area (Å²) < 4.78 is 5.38. The van der Waals surface area contributed by atoms with Crippen LogP contribution >= 0.6 is 0 Å². The maximum Gasteiger partial charge on any atom is 0.181 e. The zero-order valence-corrected chi connectivity index (χ0v) is 8.85. The quantitative estimate of drug-likeness (QED) is 0.777. The van der Waals surface area contributed by atoms with E-state index in [1.165, 1.54) is 6.39 Å². The van der Waals surface area contributed by atoms with Crippen LogP contribution < -0.4 is 5.32 Å². The smallest absolute Gasteiger partial charge is 0.181 e. The maximum atomic E-state index is 5.38. The number of rotatable bonds is 3. The lowest BCUT2D eigenvalue weighted by molar-refractivity contribution is 0.402. The van der Waals surface area contributed by atoms with Crippen LogP contribution in [0.3, 0.4) is 0 Å². The third-order valence-electron chi connectivity index (χ3n) is 1.86. The second kappa shape index (κ2) is 3.92. The second-order valence-corrected chi connectivity index (χ2v) is 4.16. The van der Waals surface area contributed by atoms with E-state index in [2.05, 4.69) is 38.0 Å². The van der Waals surface area contributed by atoms with Gasteiger partial charge in [0.15, 0.2) is 6.39 Å². The van der Waals surface area contributed by atoms with Crippen molar-refractivity contribution in [2.75, 3.05) is 6.54 Å². The molecule has 0 radical (unpaired) electrons. The van der Waals surface area contributed by atoms with Crippen molar-refractivity contribution in [2.24, 2.45) is 0 Å². The highest BCUT2D eigenvalue weighted by Gasteiger charge is 2.22. The fourth-order valence-electron chi connectivity index (χ4n) is 1.25. The van der Waals surface area contributed by atoms with Crippen LogP contribution in [-0.2, 0) is 12.0 Å². The van der Waals surface area contributed by atoms with Gasteiger partial charge in [-0.25, -0.2) is 4.98 Å². The summed E-state index contributed by atoms with van der Waals surface area (Å²) in [6.45, 7) is 10.2. The molecular formula is C10H18N2O. The van der Waals surface area contributed by atoms with Gasteiger partial charge in [-0.2, -0.15) is 0 Å². The van der Waals surface area contributed by atoms with Crippen LogP contribution in [0.1, 0.15) is 39.1 Å². The highest BCUT2D eigenvalue weighted by Crippen LogP contribution is 2.24. The van der Waals surface area contributed by atoms with Crippen molar-refractivity contribution in [3.8, 4) is 0 Å². The SMILES string of the molecule is CCNCc1ncoc1C(C)(C)C. The van der Waals surface area contributed by atoms with Crippen molar-refractivity contribution in [3.05, 3.63) is 17.8 Å². The van der Waals surface area contributed by atoms with Crippen LogP contribution in [0.4, 0.5) is 0 Å². The first kappa shape index (κ1) is 10.3. The standard InChI is InChI=1S/C10H18N2O/c1-5-11-6-8-9(10(2,3)4)13-7-12-8/h7,11H,5-6H2,1-4H3. The van der Waals surface area contributed by atoms with Gasteiger partial charge in [-0.05, 0) is 6.54 Å². The predicted octanol–water partition coefficient (Wildman–Crippen LogP) is 2.08. The van der Waals surface area contributed by atoms with Gasteiger partial charge < -0.3 is 9.73 Å². The zero-order chi connectivity index (χ0) is 9.90. The first-order valence-corrected chi connectivity index (χ1v) is 4.69. The lowest BCUT2D eigenvalue weighted by atomic mass is 9.92. The molecule has 0 aromatic carbocycles. The molecule has 0 atom stereocenters. The van der Waals surface area contributed by atoms with Crippen LogP contribution in [0.25, 0.3) is 0 Å². The molecule has 74 valence electrons. The molecule has 0 saturated carbocycles. The van der Waals surface area contributed by atoms with E-state index in [0.717, 1.165) is 24.5 Å². The molecule has 0 aliphatic rings. The third-order valence-corrected chi connectivity index (χ3v) is 1.86. The normalized spacial score (nSPS) is 12.0. The van der Waals surface area contributed by atoms with E-state index in [0.29, 0.717) is 0 Å². The van der Waals surface area contributed by atoms with Gasteiger partial charge in [-0.15, -0.1) is 0 Å². The maximum absolute atomic E-state index is 5.38. The molecule has 13 heavy (non-hydrogen) atoms. The van der Waals surface area contributed by atoms with E-state index < -0.39 is 0 Å². The monoisotopic (exact) mass is 182 g/mol. The minimum atomic E-state index is 0.0429. The molecule has 1 N–H and O–H groups in total. The minimum Gasteiger partial charge on any atom is -0.448 e. The van der Waals surface area contributed by atoms with Gasteiger partial charge in [0.1, 0.15) is 5.76 Å². The summed E-state index contributed by atoms with van der Waals surface area (Å²) in [7, 11) is 0. The Morgan fingerprint density at radius 3 is 2.69 bits per heavy atom. The highest BCUT2D eigenvalue weighted by molar-refractivity contribution is 5.15. The van der Waals surface area contributed by atoms with E-state index in [9.17, 15) is 0 Å². The summed E-state index contributed by atoms with van der Waals surface area (Å²) in [4.78, 5) is 4.19. The van der Waals surface area contributed by atoms with Gasteiger partial charge >= 0.3 is 0 Å². The van der Waals surface area contributed by atoms with E-state index in [4.69, 9.17) is 4.42 Å². The van der Waals surface area contributed by atoms with Gasteiger partial charge in [0.05, 0.1) is 5.69 Å². The second-order valence-electron chi connectivity index (χ2n) is 4.16. The first-order chi connectivity index (χ1) is 6.05. The molecule has 0 fully saturated rings. The molecular weight excluding hydrogens is 164 g/mol. The van der Waals surface area contributed by atoms with Crippen molar-refractivity contribution in [2.45, 2.75) is 39.7 Å². The fourth-order valence-corrected chi connectivity index (χ4v) is 1.25. The van der Waals surface area contributed by atoms with Crippen LogP contribution in [-0.4, -0.2) is 11.5 Å². The van der Waals surface area contributed by atoms with Crippen molar-refractivity contribution in [3.63, 3.8) is 0 Å². The molecule has 0 bridgehead atoms. The largest absolute Gasteiger partial charge is 0.448 e. The van der Waals surface area contributed by atoms with E-state index in [1.54, 1.807) is 0 Å². The van der Waals surface area contributed by atoms with Gasteiger partial charge in [-0.1, -0.05) is 27.7 Å². The zero-order valence-electron chi connectivity index (χ0n) is 8.85. The molecule has 0 amide bonds. The summed E-state index contributed by atoms with van der Waals surface area (Å²) in [5, 5.41) is 3.24. The highest BCUT2D eigenvalue weighted by atomic mass is 16.3. The lowest BCUT2D eigenvalue weighted by Gasteiger charge is -2.16. The molecule has 1 rings (SSSR count). The summed E-state index contributed by atoms with van der Waals surface area (Å²) in [6.07, 6.45) is 1.52. The molecule has 0 saturated heterocycles. The molecule has 0 aliphatic carbocycles. The van der Waals surface area contributed by atoms with Crippen LogP contribution in [0.15, 0.2) is 10.8 Å². The van der Waals surface area contributed by atoms with Gasteiger partial charge in [0, 0.05) is 12.0 Å². The van der Waals surface area contributed by atoms with Crippen LogP contribution in [0, 0.1) is 0 Å². The molecule has 1 aromatic rings. The third kappa shape index (κ3) is 2.56. The summed E-state index contributed by atoms with van der Waals surface area (Å²) >= 11 is 0. The molecule has 1 aromatic heterocycles. The van der Waals surface area contributed by atoms with Crippen LogP contribution in [0.5, 0.6) is 0 Å². The average molecular weight is 182 g/mol. The minimum absolute atomic E-state index is 0.0429. The molecule has 1 heterocycles. The number of hydrogen-bond donors (Lipinski definition) is 1. The van der Waals surface area contributed by atoms with Gasteiger partial charge in [0.25, 0.3) is 0 Å². The molecule has 0 spiro atoms. The van der Waals surface area contributed by atoms with Gasteiger partial charge in [-0.3, -0.25) is 0 Å². The Hall–Kier alpha value is -0.830. The Morgan fingerprint density at radius 1 is 1.46 bits per heavy atom. The Bertz CT molecular complexity index is 260. The Labute approximate surface area is 79.5 Å². The van der Waals surface area contributed by atoms with E-state index >= 15 is 0 Å². The molecule has 3 nitrogen and oxygen atoms in total. The number of hydrogen-bond acceptors (Lipinski definition) is 3. The predicted molar refractivity (Wildman–Crippen MR) is 52.6 cm³/mol. The number of nitrogens with one attached hydrogen (secondary N) is 1. The topological polar surface area (TPSA) is 38.1 Å². The van der Waals surface area contributed by atoms with Crippen molar-refractivity contribution in [1.29, 1.82) is 0 Å². The fraction of sp³-hybridized carbons (Fsp3) is 0.700.